The van der Waals surface area contributed by atoms with Gasteiger partial charge < -0.3 is 5.73 Å². The molecule has 0 aromatic carbocycles. The second kappa shape index (κ2) is 3.87. The van der Waals surface area contributed by atoms with Crippen LogP contribution in [0.3, 0.4) is 0 Å². The van der Waals surface area contributed by atoms with E-state index in [1.54, 1.807) is 6.92 Å². The first-order valence-electron chi connectivity index (χ1n) is 4.60. The van der Waals surface area contributed by atoms with Crippen molar-refractivity contribution in [3.8, 4) is 0 Å². The Morgan fingerprint density at radius 2 is 2.23 bits per heavy atom. The van der Waals surface area contributed by atoms with Gasteiger partial charge in [-0.2, -0.15) is 0 Å². The number of amides is 2. The predicted octanol–water partition coefficient (Wildman–Crippen LogP) is -0.0238. The maximum atomic E-state index is 11.4. The summed E-state index contributed by atoms with van der Waals surface area (Å²) in [7, 11) is 0. The highest BCUT2D eigenvalue weighted by Gasteiger charge is 2.35. The summed E-state index contributed by atoms with van der Waals surface area (Å²) in [4.78, 5) is 24.1. The molecule has 4 heteroatoms. The van der Waals surface area contributed by atoms with Crippen LogP contribution >= 0.6 is 0 Å². The Bertz CT molecular complexity index is 228. The summed E-state index contributed by atoms with van der Waals surface area (Å²) in [5.41, 5.74) is 5.43. The standard InChI is InChI=1S/C9H16N2O2/c1-6(4-10)5-11-8(12)3-7(2)9(11)13/h6-7H,3-5,10H2,1-2H3. The molecule has 0 radical (unpaired) electrons. The third-order valence-electron chi connectivity index (χ3n) is 2.37. The Kier molecular flexibility index (Phi) is 3.03. The van der Waals surface area contributed by atoms with Crippen molar-refractivity contribution in [1.82, 2.24) is 4.90 Å². The van der Waals surface area contributed by atoms with Crippen molar-refractivity contribution in [2.45, 2.75) is 20.3 Å². The van der Waals surface area contributed by atoms with Gasteiger partial charge in [0, 0.05) is 18.9 Å². The third-order valence-corrected chi connectivity index (χ3v) is 2.37. The fourth-order valence-corrected chi connectivity index (χ4v) is 1.43. The summed E-state index contributed by atoms with van der Waals surface area (Å²) in [5.74, 6) is -0.0567. The Hall–Kier alpha value is -0.900. The van der Waals surface area contributed by atoms with Gasteiger partial charge in [-0.05, 0) is 12.5 Å². The van der Waals surface area contributed by atoms with Crippen molar-refractivity contribution in [3.63, 3.8) is 0 Å². The highest BCUT2D eigenvalue weighted by molar-refractivity contribution is 6.03. The van der Waals surface area contributed by atoms with E-state index in [0.717, 1.165) is 0 Å². The zero-order valence-corrected chi connectivity index (χ0v) is 8.12. The summed E-state index contributed by atoms with van der Waals surface area (Å²) in [6, 6.07) is 0. The molecule has 1 aliphatic rings. The van der Waals surface area contributed by atoms with Crippen molar-refractivity contribution in [2.75, 3.05) is 13.1 Å². The number of hydrogen-bond donors (Lipinski definition) is 1. The van der Waals surface area contributed by atoms with Crippen molar-refractivity contribution < 1.29 is 9.59 Å². The molecule has 1 aliphatic heterocycles. The van der Waals surface area contributed by atoms with Gasteiger partial charge in [-0.1, -0.05) is 13.8 Å². The van der Waals surface area contributed by atoms with Crippen LogP contribution in [0.4, 0.5) is 0 Å². The highest BCUT2D eigenvalue weighted by Crippen LogP contribution is 2.19. The van der Waals surface area contributed by atoms with Crippen molar-refractivity contribution in [1.29, 1.82) is 0 Å². The van der Waals surface area contributed by atoms with E-state index in [9.17, 15) is 9.59 Å². The fourth-order valence-electron chi connectivity index (χ4n) is 1.43. The van der Waals surface area contributed by atoms with Crippen LogP contribution in [0.1, 0.15) is 20.3 Å². The molecule has 0 saturated carbocycles. The van der Waals surface area contributed by atoms with E-state index in [1.165, 1.54) is 4.90 Å². The lowest BCUT2D eigenvalue weighted by Gasteiger charge is -2.18. The molecule has 1 saturated heterocycles. The van der Waals surface area contributed by atoms with Gasteiger partial charge in [0.25, 0.3) is 0 Å². The smallest absolute Gasteiger partial charge is 0.232 e. The molecule has 2 unspecified atom stereocenters. The summed E-state index contributed by atoms with van der Waals surface area (Å²) in [6.07, 6.45) is 0.357. The predicted molar refractivity (Wildman–Crippen MR) is 48.7 cm³/mol. The molecule has 4 nitrogen and oxygen atoms in total. The van der Waals surface area contributed by atoms with E-state index in [0.29, 0.717) is 19.5 Å². The van der Waals surface area contributed by atoms with E-state index in [-0.39, 0.29) is 23.7 Å². The van der Waals surface area contributed by atoms with Gasteiger partial charge in [0.2, 0.25) is 11.8 Å². The first-order valence-corrected chi connectivity index (χ1v) is 4.60. The molecule has 2 N–H and O–H groups in total. The summed E-state index contributed by atoms with van der Waals surface area (Å²) >= 11 is 0. The average Bonchev–Trinajstić information content (AvgIpc) is 2.32. The molecule has 1 fully saturated rings. The maximum absolute atomic E-state index is 11.4. The topological polar surface area (TPSA) is 63.4 Å². The fraction of sp³-hybridized carbons (Fsp3) is 0.778. The van der Waals surface area contributed by atoms with Gasteiger partial charge in [0.15, 0.2) is 0 Å². The van der Waals surface area contributed by atoms with Crippen molar-refractivity contribution >= 4 is 11.8 Å². The van der Waals surface area contributed by atoms with Crippen molar-refractivity contribution in [3.05, 3.63) is 0 Å². The van der Waals surface area contributed by atoms with E-state index >= 15 is 0 Å². The molecule has 1 heterocycles. The quantitative estimate of drug-likeness (QED) is 0.627. The van der Waals surface area contributed by atoms with Crippen LogP contribution in [0.15, 0.2) is 0 Å². The van der Waals surface area contributed by atoms with Gasteiger partial charge >= 0.3 is 0 Å². The average molecular weight is 184 g/mol. The zero-order chi connectivity index (χ0) is 10.0. The first-order chi connectivity index (χ1) is 6.06. The third kappa shape index (κ3) is 2.06. The van der Waals surface area contributed by atoms with Gasteiger partial charge in [-0.25, -0.2) is 0 Å². The molecule has 2 amide bonds. The van der Waals surface area contributed by atoms with Crippen molar-refractivity contribution in [2.24, 2.45) is 17.6 Å². The highest BCUT2D eigenvalue weighted by atomic mass is 16.2. The minimum Gasteiger partial charge on any atom is -0.330 e. The molecule has 0 bridgehead atoms. The molecule has 2 atom stereocenters. The van der Waals surface area contributed by atoms with Crippen LogP contribution in [0.2, 0.25) is 0 Å². The second-order valence-corrected chi connectivity index (χ2v) is 3.79. The molecule has 0 aliphatic carbocycles. The number of carbonyl (C=O) groups is 2. The molecule has 0 spiro atoms. The molecule has 13 heavy (non-hydrogen) atoms. The number of nitrogens with two attached hydrogens (primary N) is 1. The van der Waals surface area contributed by atoms with Gasteiger partial charge in [-0.15, -0.1) is 0 Å². The lowest BCUT2D eigenvalue weighted by Crippen LogP contribution is -2.36. The van der Waals surface area contributed by atoms with E-state index in [1.807, 2.05) is 6.92 Å². The van der Waals surface area contributed by atoms with Crippen LogP contribution < -0.4 is 5.73 Å². The van der Waals surface area contributed by atoms with Crippen LogP contribution in [0, 0.1) is 11.8 Å². The molecular formula is C9H16N2O2. The van der Waals surface area contributed by atoms with Crippen LogP contribution in [-0.2, 0) is 9.59 Å². The monoisotopic (exact) mass is 184 g/mol. The minimum absolute atomic E-state index is 0.0506. The molecule has 0 aromatic heterocycles. The Morgan fingerprint density at radius 3 is 2.62 bits per heavy atom. The van der Waals surface area contributed by atoms with E-state index in [2.05, 4.69) is 0 Å². The van der Waals surface area contributed by atoms with Crippen LogP contribution in [0.25, 0.3) is 0 Å². The lowest BCUT2D eigenvalue weighted by atomic mass is 10.1. The maximum Gasteiger partial charge on any atom is 0.232 e. The number of hydrogen-bond acceptors (Lipinski definition) is 3. The van der Waals surface area contributed by atoms with Gasteiger partial charge in [-0.3, -0.25) is 14.5 Å². The minimum atomic E-state index is -0.141. The first kappa shape index (κ1) is 10.2. The number of nitrogens with zero attached hydrogens (tertiary/aromatic N) is 1. The number of rotatable bonds is 3. The zero-order valence-electron chi connectivity index (χ0n) is 8.12. The summed E-state index contributed by atoms with van der Waals surface area (Å²) in [6.45, 7) is 4.70. The van der Waals surface area contributed by atoms with E-state index < -0.39 is 0 Å². The lowest BCUT2D eigenvalue weighted by molar-refractivity contribution is -0.139. The molecule has 1 rings (SSSR count). The van der Waals surface area contributed by atoms with Crippen LogP contribution in [-0.4, -0.2) is 29.8 Å². The largest absolute Gasteiger partial charge is 0.330 e. The molecule has 74 valence electrons. The van der Waals surface area contributed by atoms with Gasteiger partial charge in [0.05, 0.1) is 0 Å². The summed E-state index contributed by atoms with van der Waals surface area (Å²) in [5, 5.41) is 0. The molecule has 0 aromatic rings. The summed E-state index contributed by atoms with van der Waals surface area (Å²) < 4.78 is 0. The number of likely N-dealkylation sites (tertiary alicyclic amines) is 1. The Labute approximate surface area is 78.1 Å². The molecular weight excluding hydrogens is 168 g/mol. The van der Waals surface area contributed by atoms with Crippen LogP contribution in [0.5, 0.6) is 0 Å². The normalized spacial score (nSPS) is 25.5. The second-order valence-electron chi connectivity index (χ2n) is 3.79. The number of imide groups is 1. The number of carbonyl (C=O) groups excluding carboxylic acids is 2. The van der Waals surface area contributed by atoms with E-state index in [4.69, 9.17) is 5.73 Å². The SMILES string of the molecule is CC(CN)CN1C(=O)CC(C)C1=O. The Balaban J connectivity index is 2.59. The van der Waals surface area contributed by atoms with Gasteiger partial charge in [0.1, 0.15) is 0 Å². The Morgan fingerprint density at radius 1 is 1.62 bits per heavy atom.